The number of amides is 2. The van der Waals surface area contributed by atoms with Crippen LogP contribution in [0.15, 0.2) is 48.5 Å². The highest BCUT2D eigenvalue weighted by Crippen LogP contribution is 2.37. The summed E-state index contributed by atoms with van der Waals surface area (Å²) in [5, 5.41) is 0. The van der Waals surface area contributed by atoms with Gasteiger partial charge in [-0.1, -0.05) is 56.5 Å². The lowest BCUT2D eigenvalue weighted by atomic mass is 9.91. The molecule has 2 aromatic carbocycles. The van der Waals surface area contributed by atoms with Crippen molar-refractivity contribution in [2.75, 3.05) is 11.4 Å². The Bertz CT molecular complexity index is 921. The standard InChI is InChI=1S/C22H22N2O3/c1-2-3-4-9-14-23-20-19(25)15-10-5-6-11-16(15)22(27)24(20)18-13-8-7-12-17(18)21(23)26/h5-8,10-13,20H,2-4,9,14H2,1H3. The number of carbonyl (C=O) groups is 3. The average molecular weight is 362 g/mol. The highest BCUT2D eigenvalue weighted by molar-refractivity contribution is 6.25. The number of rotatable bonds is 5. The lowest BCUT2D eigenvalue weighted by Gasteiger charge is -2.45. The highest BCUT2D eigenvalue weighted by atomic mass is 16.2. The predicted octanol–water partition coefficient (Wildman–Crippen LogP) is 3.89. The van der Waals surface area contributed by atoms with Crippen molar-refractivity contribution < 1.29 is 14.4 Å². The summed E-state index contributed by atoms with van der Waals surface area (Å²) in [6.07, 6.45) is 3.10. The van der Waals surface area contributed by atoms with Crippen LogP contribution in [0.4, 0.5) is 5.69 Å². The number of carbonyl (C=O) groups excluding carboxylic acids is 3. The minimum atomic E-state index is -0.892. The molecule has 27 heavy (non-hydrogen) atoms. The molecule has 2 aliphatic heterocycles. The Labute approximate surface area is 158 Å². The Hall–Kier alpha value is -2.95. The van der Waals surface area contributed by atoms with E-state index >= 15 is 0 Å². The minimum absolute atomic E-state index is 0.177. The van der Waals surface area contributed by atoms with Crippen LogP contribution in [0.1, 0.15) is 63.7 Å². The summed E-state index contributed by atoms with van der Waals surface area (Å²) in [4.78, 5) is 42.7. The van der Waals surface area contributed by atoms with E-state index in [1.807, 2.05) is 0 Å². The van der Waals surface area contributed by atoms with Gasteiger partial charge in [-0.25, -0.2) is 0 Å². The number of nitrogens with zero attached hydrogens (tertiary/aromatic N) is 2. The van der Waals surface area contributed by atoms with E-state index in [0.29, 0.717) is 28.9 Å². The Kier molecular flexibility index (Phi) is 4.52. The van der Waals surface area contributed by atoms with Gasteiger partial charge in [0.05, 0.1) is 16.8 Å². The van der Waals surface area contributed by atoms with Crippen LogP contribution >= 0.6 is 0 Å². The lowest BCUT2D eigenvalue weighted by Crippen LogP contribution is -2.63. The molecule has 0 fully saturated rings. The van der Waals surface area contributed by atoms with Crippen LogP contribution in [0.25, 0.3) is 0 Å². The largest absolute Gasteiger partial charge is 0.311 e. The highest BCUT2D eigenvalue weighted by Gasteiger charge is 2.48. The third kappa shape index (κ3) is 2.74. The smallest absolute Gasteiger partial charge is 0.261 e. The van der Waals surface area contributed by atoms with Crippen molar-refractivity contribution in [3.63, 3.8) is 0 Å². The molecule has 1 atom stereocenters. The van der Waals surface area contributed by atoms with Gasteiger partial charge in [-0.2, -0.15) is 0 Å². The van der Waals surface area contributed by atoms with E-state index < -0.39 is 6.17 Å². The van der Waals surface area contributed by atoms with E-state index in [0.717, 1.165) is 25.7 Å². The van der Waals surface area contributed by atoms with E-state index in [9.17, 15) is 14.4 Å². The van der Waals surface area contributed by atoms with Crippen molar-refractivity contribution in [1.82, 2.24) is 4.90 Å². The molecule has 0 bridgehead atoms. The van der Waals surface area contributed by atoms with Crippen LogP contribution in [0, 0.1) is 0 Å². The van der Waals surface area contributed by atoms with Crippen LogP contribution in [0.5, 0.6) is 0 Å². The quantitative estimate of drug-likeness (QED) is 0.758. The molecular weight excluding hydrogens is 340 g/mol. The molecule has 0 aliphatic carbocycles. The molecule has 2 aromatic rings. The number of hydrogen-bond donors (Lipinski definition) is 0. The Balaban J connectivity index is 1.80. The summed E-state index contributed by atoms with van der Waals surface area (Å²) in [5.74, 6) is -0.596. The van der Waals surface area contributed by atoms with Gasteiger partial charge in [-0.15, -0.1) is 0 Å². The number of anilines is 1. The second-order valence-corrected chi connectivity index (χ2v) is 7.04. The Morgan fingerprint density at radius 3 is 2.19 bits per heavy atom. The van der Waals surface area contributed by atoms with Crippen LogP contribution < -0.4 is 4.90 Å². The number of fused-ring (bicyclic) bond motifs is 4. The van der Waals surface area contributed by atoms with Gasteiger partial charge in [-0.3, -0.25) is 19.3 Å². The van der Waals surface area contributed by atoms with Gasteiger partial charge in [0.15, 0.2) is 6.17 Å². The van der Waals surface area contributed by atoms with Crippen molar-refractivity contribution in [2.24, 2.45) is 0 Å². The maximum Gasteiger partial charge on any atom is 0.261 e. The molecule has 4 rings (SSSR count). The molecule has 0 radical (unpaired) electrons. The second-order valence-electron chi connectivity index (χ2n) is 7.04. The van der Waals surface area contributed by atoms with Crippen molar-refractivity contribution in [1.29, 1.82) is 0 Å². The monoisotopic (exact) mass is 362 g/mol. The molecule has 138 valence electrons. The number of hydrogen-bond acceptors (Lipinski definition) is 3. The van der Waals surface area contributed by atoms with Gasteiger partial charge in [0.2, 0.25) is 5.78 Å². The molecule has 0 N–H and O–H groups in total. The first-order valence-corrected chi connectivity index (χ1v) is 9.52. The van der Waals surface area contributed by atoms with Crippen molar-refractivity contribution in [2.45, 2.75) is 38.8 Å². The molecule has 0 spiro atoms. The first-order chi connectivity index (χ1) is 13.1. The molecule has 2 aliphatic rings. The van der Waals surface area contributed by atoms with Gasteiger partial charge in [0.25, 0.3) is 11.8 Å². The number of Topliss-reactive ketones (excluding diaryl/α,β-unsaturated/α-hetero) is 1. The zero-order valence-electron chi connectivity index (χ0n) is 15.4. The first kappa shape index (κ1) is 17.5. The predicted molar refractivity (Wildman–Crippen MR) is 103 cm³/mol. The van der Waals surface area contributed by atoms with Gasteiger partial charge in [0, 0.05) is 12.1 Å². The van der Waals surface area contributed by atoms with Crippen molar-refractivity contribution in [3.05, 3.63) is 65.2 Å². The summed E-state index contributed by atoms with van der Waals surface area (Å²) >= 11 is 0. The Morgan fingerprint density at radius 1 is 0.778 bits per heavy atom. The van der Waals surface area contributed by atoms with Crippen molar-refractivity contribution in [3.8, 4) is 0 Å². The minimum Gasteiger partial charge on any atom is -0.311 e. The van der Waals surface area contributed by atoms with E-state index in [-0.39, 0.29) is 17.6 Å². The van der Waals surface area contributed by atoms with E-state index in [2.05, 4.69) is 6.92 Å². The molecule has 5 nitrogen and oxygen atoms in total. The third-order valence-electron chi connectivity index (χ3n) is 5.32. The summed E-state index contributed by atoms with van der Waals surface area (Å²) in [6, 6.07) is 13.9. The van der Waals surface area contributed by atoms with Crippen molar-refractivity contribution >= 4 is 23.3 Å². The lowest BCUT2D eigenvalue weighted by molar-refractivity contribution is 0.0551. The van der Waals surface area contributed by atoms with Crippen LogP contribution in [-0.2, 0) is 0 Å². The van der Waals surface area contributed by atoms with E-state index in [1.165, 1.54) is 4.90 Å². The maximum atomic E-state index is 13.3. The topological polar surface area (TPSA) is 57.7 Å². The fraction of sp³-hybridized carbons (Fsp3) is 0.318. The summed E-state index contributed by atoms with van der Waals surface area (Å²) < 4.78 is 0. The fourth-order valence-electron chi connectivity index (χ4n) is 3.97. The van der Waals surface area contributed by atoms with Crippen LogP contribution in [0.3, 0.4) is 0 Å². The van der Waals surface area contributed by atoms with Gasteiger partial charge in [0.1, 0.15) is 0 Å². The maximum absolute atomic E-state index is 13.3. The second kappa shape index (κ2) is 6.99. The molecule has 0 saturated carbocycles. The fourth-order valence-corrected chi connectivity index (χ4v) is 3.97. The summed E-state index contributed by atoms with van der Waals surface area (Å²) in [6.45, 7) is 2.60. The SMILES string of the molecule is CCCCCCN1C(=O)c2ccccc2N2C(=O)c3ccccc3C(=O)C12. The summed E-state index contributed by atoms with van der Waals surface area (Å²) in [7, 11) is 0. The zero-order valence-corrected chi connectivity index (χ0v) is 15.4. The number of ketones is 1. The molecule has 1 unspecified atom stereocenters. The molecule has 2 amide bonds. The average Bonchev–Trinajstić information content (AvgIpc) is 2.70. The van der Waals surface area contributed by atoms with Gasteiger partial charge in [-0.05, 0) is 24.6 Å². The molecule has 0 aromatic heterocycles. The normalized spacial score (nSPS) is 18.3. The third-order valence-corrected chi connectivity index (χ3v) is 5.32. The van der Waals surface area contributed by atoms with Crippen LogP contribution in [0.2, 0.25) is 0 Å². The molecular formula is C22H22N2O3. The number of para-hydroxylation sites is 1. The van der Waals surface area contributed by atoms with E-state index in [1.54, 1.807) is 53.4 Å². The molecule has 5 heteroatoms. The number of unbranched alkanes of at least 4 members (excludes halogenated alkanes) is 3. The van der Waals surface area contributed by atoms with E-state index in [4.69, 9.17) is 0 Å². The Morgan fingerprint density at radius 2 is 1.44 bits per heavy atom. The first-order valence-electron chi connectivity index (χ1n) is 9.52. The molecule has 0 saturated heterocycles. The summed E-state index contributed by atoms with van der Waals surface area (Å²) in [5.41, 5.74) is 1.79. The van der Waals surface area contributed by atoms with Crippen LogP contribution in [-0.4, -0.2) is 35.2 Å². The van der Waals surface area contributed by atoms with Gasteiger partial charge < -0.3 is 4.90 Å². The molecule has 2 heterocycles. The number of benzene rings is 2. The van der Waals surface area contributed by atoms with Gasteiger partial charge >= 0.3 is 0 Å². The zero-order chi connectivity index (χ0) is 19.0.